The third-order valence-corrected chi connectivity index (χ3v) is 5.57. The molecular weight excluding hydrogens is 463 g/mol. The maximum absolute atomic E-state index is 13.6. The summed E-state index contributed by atoms with van der Waals surface area (Å²) in [5.74, 6) is -0.474. The van der Waals surface area contributed by atoms with Crippen LogP contribution in [0.4, 0.5) is 10.1 Å². The van der Waals surface area contributed by atoms with E-state index in [4.69, 9.17) is 4.74 Å². The summed E-state index contributed by atoms with van der Waals surface area (Å²) in [7, 11) is 0. The molecule has 0 fully saturated rings. The topological polar surface area (TPSA) is 58.6 Å². The summed E-state index contributed by atoms with van der Waals surface area (Å²) in [6.45, 7) is 1.50. The molecular formula is C24H20BrFN2O3. The number of ether oxygens (including phenoxy) is 1. The monoisotopic (exact) mass is 482 g/mol. The zero-order valence-corrected chi connectivity index (χ0v) is 18.3. The van der Waals surface area contributed by atoms with E-state index in [1.54, 1.807) is 37.3 Å². The van der Waals surface area contributed by atoms with Crippen LogP contribution in [0.2, 0.25) is 0 Å². The maximum Gasteiger partial charge on any atom is 0.264 e. The average molecular weight is 483 g/mol. The van der Waals surface area contributed by atoms with Crippen molar-refractivity contribution in [1.82, 2.24) is 4.90 Å². The lowest BCUT2D eigenvalue weighted by Gasteiger charge is -2.32. The van der Waals surface area contributed by atoms with Crippen molar-refractivity contribution >= 4 is 33.4 Å². The van der Waals surface area contributed by atoms with E-state index in [-0.39, 0.29) is 24.2 Å². The van der Waals surface area contributed by atoms with Crippen molar-refractivity contribution in [2.45, 2.75) is 19.1 Å². The number of halogens is 2. The Morgan fingerprint density at radius 2 is 1.84 bits per heavy atom. The smallest absolute Gasteiger partial charge is 0.264 e. The van der Waals surface area contributed by atoms with E-state index in [2.05, 4.69) is 21.2 Å². The minimum atomic E-state index is -0.827. The van der Waals surface area contributed by atoms with Gasteiger partial charge in [-0.3, -0.25) is 9.59 Å². The van der Waals surface area contributed by atoms with Gasteiger partial charge >= 0.3 is 0 Å². The number of carbonyl (C=O) groups is 2. The highest BCUT2D eigenvalue weighted by Gasteiger charge is 2.36. The molecule has 3 aromatic rings. The lowest BCUT2D eigenvalue weighted by atomic mass is 9.95. The largest absolute Gasteiger partial charge is 0.481 e. The van der Waals surface area contributed by atoms with Crippen molar-refractivity contribution in [3.8, 4) is 5.75 Å². The van der Waals surface area contributed by atoms with E-state index in [1.165, 1.54) is 17.0 Å². The van der Waals surface area contributed by atoms with Gasteiger partial charge in [0, 0.05) is 15.7 Å². The van der Waals surface area contributed by atoms with Gasteiger partial charge in [-0.2, -0.15) is 0 Å². The number of carbonyl (C=O) groups excluding carboxylic acids is 2. The third kappa shape index (κ3) is 4.61. The zero-order chi connectivity index (χ0) is 22.0. The summed E-state index contributed by atoms with van der Waals surface area (Å²) in [6.07, 6.45) is -0.827. The van der Waals surface area contributed by atoms with Crippen LogP contribution in [-0.2, 0) is 9.59 Å². The second kappa shape index (κ2) is 8.89. The first-order chi connectivity index (χ1) is 14.9. The standard InChI is InChI=1S/C24H20BrFN2O3/c1-15(31-19-5-3-2-4-6-19)24(30)28-14-22(29)27-21-12-9-17(25)13-20(21)23(28)16-7-10-18(26)11-8-16/h2-13,15,23H,14H2,1H3,(H,27,29). The van der Waals surface area contributed by atoms with Gasteiger partial charge in [0.05, 0.1) is 6.04 Å². The summed E-state index contributed by atoms with van der Waals surface area (Å²) in [6, 6.07) is 19.8. The van der Waals surface area contributed by atoms with Crippen molar-refractivity contribution in [1.29, 1.82) is 0 Å². The quantitative estimate of drug-likeness (QED) is 0.573. The van der Waals surface area contributed by atoms with Crippen LogP contribution in [0, 0.1) is 5.82 Å². The van der Waals surface area contributed by atoms with Gasteiger partial charge in [0.15, 0.2) is 6.10 Å². The van der Waals surface area contributed by atoms with Crippen LogP contribution in [0.15, 0.2) is 77.3 Å². The predicted octanol–water partition coefficient (Wildman–Crippen LogP) is 4.93. The first kappa shape index (κ1) is 21.1. The molecule has 1 heterocycles. The van der Waals surface area contributed by atoms with E-state index >= 15 is 0 Å². The van der Waals surface area contributed by atoms with Crippen molar-refractivity contribution in [2.24, 2.45) is 0 Å². The fourth-order valence-corrected chi connectivity index (χ4v) is 4.05. The molecule has 0 aromatic heterocycles. The third-order valence-electron chi connectivity index (χ3n) is 5.08. The normalized spacial score (nSPS) is 16.7. The summed E-state index contributed by atoms with van der Waals surface area (Å²) in [5, 5.41) is 2.87. The molecule has 3 aromatic carbocycles. The number of anilines is 1. The van der Waals surface area contributed by atoms with Gasteiger partial charge in [0.1, 0.15) is 18.1 Å². The number of hydrogen-bond acceptors (Lipinski definition) is 3. The molecule has 0 saturated heterocycles. The van der Waals surface area contributed by atoms with Crippen molar-refractivity contribution in [3.63, 3.8) is 0 Å². The Kier molecular flexibility index (Phi) is 6.04. The fraction of sp³-hybridized carbons (Fsp3) is 0.167. The Balaban J connectivity index is 1.76. The molecule has 0 spiro atoms. The Morgan fingerprint density at radius 1 is 1.13 bits per heavy atom. The minimum Gasteiger partial charge on any atom is -0.481 e. The molecule has 31 heavy (non-hydrogen) atoms. The van der Waals surface area contributed by atoms with Crippen LogP contribution < -0.4 is 10.1 Å². The lowest BCUT2D eigenvalue weighted by molar-refractivity contribution is -0.142. The molecule has 5 nitrogen and oxygen atoms in total. The molecule has 1 N–H and O–H groups in total. The summed E-state index contributed by atoms with van der Waals surface area (Å²) in [5.41, 5.74) is 2.03. The molecule has 2 unspecified atom stereocenters. The molecule has 4 rings (SSSR count). The van der Waals surface area contributed by atoms with Gasteiger partial charge in [0.2, 0.25) is 5.91 Å². The maximum atomic E-state index is 13.6. The molecule has 0 bridgehead atoms. The molecule has 0 aliphatic carbocycles. The molecule has 0 saturated carbocycles. The molecule has 1 aliphatic heterocycles. The van der Waals surface area contributed by atoms with Crippen LogP contribution in [-0.4, -0.2) is 29.4 Å². The number of hydrogen-bond donors (Lipinski definition) is 1. The van der Waals surface area contributed by atoms with E-state index in [1.807, 2.05) is 30.3 Å². The van der Waals surface area contributed by atoms with Crippen LogP contribution in [0.25, 0.3) is 0 Å². The van der Waals surface area contributed by atoms with Crippen molar-refractivity contribution < 1.29 is 18.7 Å². The Hall–Kier alpha value is -3.19. The molecule has 158 valence electrons. The second-order valence-electron chi connectivity index (χ2n) is 7.27. The van der Waals surface area contributed by atoms with Gasteiger partial charge in [-0.1, -0.05) is 46.3 Å². The summed E-state index contributed by atoms with van der Waals surface area (Å²) >= 11 is 3.47. The SMILES string of the molecule is CC(Oc1ccccc1)C(=O)N1CC(=O)Nc2ccc(Br)cc2C1c1ccc(F)cc1. The molecule has 7 heteroatoms. The first-order valence-electron chi connectivity index (χ1n) is 9.79. The van der Waals surface area contributed by atoms with Crippen molar-refractivity contribution in [3.05, 3.63) is 94.2 Å². The van der Waals surface area contributed by atoms with Gasteiger partial charge in [-0.15, -0.1) is 0 Å². The number of amides is 2. The van der Waals surface area contributed by atoms with Gasteiger partial charge in [0.25, 0.3) is 5.91 Å². The highest BCUT2D eigenvalue weighted by atomic mass is 79.9. The van der Waals surface area contributed by atoms with Gasteiger partial charge in [-0.05, 0) is 55.0 Å². The Morgan fingerprint density at radius 3 is 2.55 bits per heavy atom. The molecule has 0 radical (unpaired) electrons. The van der Waals surface area contributed by atoms with E-state index in [0.717, 1.165) is 10.0 Å². The van der Waals surface area contributed by atoms with Crippen molar-refractivity contribution in [2.75, 3.05) is 11.9 Å². The van der Waals surface area contributed by atoms with Crippen LogP contribution in [0.3, 0.4) is 0 Å². The lowest BCUT2D eigenvalue weighted by Crippen LogP contribution is -2.45. The summed E-state index contributed by atoms with van der Waals surface area (Å²) in [4.78, 5) is 27.6. The minimum absolute atomic E-state index is 0.157. The highest BCUT2D eigenvalue weighted by Crippen LogP contribution is 2.37. The van der Waals surface area contributed by atoms with E-state index < -0.39 is 12.1 Å². The number of nitrogens with zero attached hydrogens (tertiary/aromatic N) is 1. The van der Waals surface area contributed by atoms with Crippen LogP contribution in [0.1, 0.15) is 24.1 Å². The van der Waals surface area contributed by atoms with E-state index in [0.29, 0.717) is 17.0 Å². The average Bonchev–Trinajstić information content (AvgIpc) is 2.90. The number of nitrogens with one attached hydrogen (secondary N) is 1. The molecule has 1 aliphatic rings. The fourth-order valence-electron chi connectivity index (χ4n) is 3.67. The zero-order valence-electron chi connectivity index (χ0n) is 16.7. The first-order valence-corrected chi connectivity index (χ1v) is 10.6. The summed E-state index contributed by atoms with van der Waals surface area (Å²) < 4.78 is 20.2. The van der Waals surface area contributed by atoms with Gasteiger partial charge < -0.3 is 15.0 Å². The highest BCUT2D eigenvalue weighted by molar-refractivity contribution is 9.10. The Bertz CT molecular complexity index is 1110. The number of para-hydroxylation sites is 1. The number of fused-ring (bicyclic) bond motifs is 1. The molecule has 2 atom stereocenters. The van der Waals surface area contributed by atoms with Gasteiger partial charge in [-0.25, -0.2) is 4.39 Å². The number of benzene rings is 3. The van der Waals surface area contributed by atoms with E-state index in [9.17, 15) is 14.0 Å². The second-order valence-corrected chi connectivity index (χ2v) is 8.19. The molecule has 2 amide bonds. The number of rotatable bonds is 4. The predicted molar refractivity (Wildman–Crippen MR) is 119 cm³/mol. The Labute approximate surface area is 188 Å². The van der Waals surface area contributed by atoms with Crippen LogP contribution >= 0.6 is 15.9 Å². The van der Waals surface area contributed by atoms with Crippen LogP contribution in [0.5, 0.6) is 5.75 Å².